The molecule has 0 bridgehead atoms. The van der Waals surface area contributed by atoms with E-state index < -0.39 is 0 Å². The highest BCUT2D eigenvalue weighted by molar-refractivity contribution is 5.94. The first-order valence-corrected chi connectivity index (χ1v) is 9.66. The summed E-state index contributed by atoms with van der Waals surface area (Å²) in [6, 6.07) is 12.4. The van der Waals surface area contributed by atoms with E-state index in [1.807, 2.05) is 19.9 Å². The van der Waals surface area contributed by atoms with Crippen LogP contribution in [0.1, 0.15) is 30.1 Å². The number of benzene rings is 2. The van der Waals surface area contributed by atoms with Gasteiger partial charge in [0.1, 0.15) is 12.3 Å². The third kappa shape index (κ3) is 4.71. The summed E-state index contributed by atoms with van der Waals surface area (Å²) < 4.78 is 21.4. The highest BCUT2D eigenvalue weighted by Gasteiger charge is 2.19. The van der Waals surface area contributed by atoms with E-state index in [1.54, 1.807) is 55.5 Å². The average molecular weight is 411 g/mol. The van der Waals surface area contributed by atoms with Gasteiger partial charge in [-0.25, -0.2) is 0 Å². The van der Waals surface area contributed by atoms with Crippen LogP contribution in [0, 0.1) is 0 Å². The van der Waals surface area contributed by atoms with Crippen LogP contribution in [0.4, 0.5) is 0 Å². The van der Waals surface area contributed by atoms with Crippen LogP contribution in [0.15, 0.2) is 47.0 Å². The molecule has 0 radical (unpaired) electrons. The lowest BCUT2D eigenvalue weighted by atomic mass is 10.2. The summed E-state index contributed by atoms with van der Waals surface area (Å²) in [5, 5.41) is 4.03. The molecule has 8 nitrogen and oxygen atoms in total. The van der Waals surface area contributed by atoms with E-state index in [9.17, 15) is 4.79 Å². The topological polar surface area (TPSA) is 86.9 Å². The normalized spacial score (nSPS) is 10.5. The zero-order chi connectivity index (χ0) is 21.5. The molecule has 0 aliphatic rings. The van der Waals surface area contributed by atoms with Crippen molar-refractivity contribution in [1.82, 2.24) is 15.0 Å². The Balaban J connectivity index is 1.74. The maximum absolute atomic E-state index is 12.8. The molecule has 8 heteroatoms. The molecule has 0 unspecified atom stereocenters. The number of aromatic nitrogens is 2. The number of methoxy groups -OCH3 is 2. The smallest absolute Gasteiger partial charge is 0.254 e. The molecule has 0 saturated carbocycles. The molecule has 1 aromatic heterocycles. The number of hydrogen-bond acceptors (Lipinski definition) is 7. The maximum Gasteiger partial charge on any atom is 0.254 e. The first kappa shape index (κ1) is 21.2. The second kappa shape index (κ2) is 9.78. The summed E-state index contributed by atoms with van der Waals surface area (Å²) in [7, 11) is 3.14. The zero-order valence-corrected chi connectivity index (χ0v) is 17.5. The van der Waals surface area contributed by atoms with Gasteiger partial charge in [-0.05, 0) is 56.3 Å². The predicted octanol–water partition coefficient (Wildman–Crippen LogP) is 3.81. The van der Waals surface area contributed by atoms with Crippen LogP contribution in [0.5, 0.6) is 17.2 Å². The second-order valence-electron chi connectivity index (χ2n) is 6.36. The van der Waals surface area contributed by atoms with Gasteiger partial charge in [0.15, 0.2) is 11.5 Å². The number of amides is 1. The van der Waals surface area contributed by atoms with Gasteiger partial charge < -0.3 is 23.6 Å². The molecule has 0 aliphatic heterocycles. The van der Waals surface area contributed by atoms with Crippen LogP contribution in [-0.2, 0) is 6.54 Å². The number of carbonyl (C=O) groups is 1. The molecule has 0 atom stereocenters. The largest absolute Gasteiger partial charge is 0.494 e. The Morgan fingerprint density at radius 1 is 1.03 bits per heavy atom. The van der Waals surface area contributed by atoms with E-state index >= 15 is 0 Å². The van der Waals surface area contributed by atoms with Crippen LogP contribution in [0.25, 0.3) is 11.4 Å². The van der Waals surface area contributed by atoms with Gasteiger partial charge in [0.05, 0.1) is 20.8 Å². The SMILES string of the molecule is CCOc1ccc(C(=O)N(CC)Cc2nc(-c3ccc(OC)c(OC)c3)no2)cc1. The minimum Gasteiger partial charge on any atom is -0.494 e. The summed E-state index contributed by atoms with van der Waals surface area (Å²) in [5.41, 5.74) is 1.29. The highest BCUT2D eigenvalue weighted by Crippen LogP contribution is 2.31. The van der Waals surface area contributed by atoms with Crippen molar-refractivity contribution in [3.63, 3.8) is 0 Å². The van der Waals surface area contributed by atoms with E-state index in [-0.39, 0.29) is 12.5 Å². The fraction of sp³-hybridized carbons (Fsp3) is 0.318. The van der Waals surface area contributed by atoms with E-state index in [2.05, 4.69) is 10.1 Å². The molecule has 1 heterocycles. The quantitative estimate of drug-likeness (QED) is 0.529. The van der Waals surface area contributed by atoms with Crippen molar-refractivity contribution in [2.75, 3.05) is 27.4 Å². The van der Waals surface area contributed by atoms with Gasteiger partial charge >= 0.3 is 0 Å². The van der Waals surface area contributed by atoms with E-state index in [0.717, 1.165) is 11.3 Å². The van der Waals surface area contributed by atoms with Crippen molar-refractivity contribution in [2.45, 2.75) is 20.4 Å². The third-order valence-corrected chi connectivity index (χ3v) is 4.52. The number of nitrogens with zero attached hydrogens (tertiary/aromatic N) is 3. The number of rotatable bonds is 9. The molecule has 30 heavy (non-hydrogen) atoms. The summed E-state index contributed by atoms with van der Waals surface area (Å²) in [6.07, 6.45) is 0. The van der Waals surface area contributed by atoms with Crippen LogP contribution in [0.2, 0.25) is 0 Å². The average Bonchev–Trinajstić information content (AvgIpc) is 3.26. The van der Waals surface area contributed by atoms with Crippen LogP contribution >= 0.6 is 0 Å². The van der Waals surface area contributed by atoms with Crippen molar-refractivity contribution in [3.8, 4) is 28.6 Å². The van der Waals surface area contributed by atoms with Crippen LogP contribution < -0.4 is 14.2 Å². The zero-order valence-electron chi connectivity index (χ0n) is 17.5. The molecule has 0 N–H and O–H groups in total. The molecule has 0 fully saturated rings. The molecule has 0 aliphatic carbocycles. The molecule has 3 aromatic rings. The van der Waals surface area contributed by atoms with Crippen molar-refractivity contribution in [3.05, 3.63) is 53.9 Å². The summed E-state index contributed by atoms with van der Waals surface area (Å²) in [4.78, 5) is 18.9. The van der Waals surface area contributed by atoms with Crippen LogP contribution in [0.3, 0.4) is 0 Å². The highest BCUT2D eigenvalue weighted by atomic mass is 16.5. The van der Waals surface area contributed by atoms with Gasteiger partial charge in [-0.1, -0.05) is 5.16 Å². The molecule has 158 valence electrons. The predicted molar refractivity (Wildman–Crippen MR) is 111 cm³/mol. The Bertz CT molecular complexity index is 985. The Morgan fingerprint density at radius 2 is 1.77 bits per heavy atom. The Kier molecular flexibility index (Phi) is 6.90. The lowest BCUT2D eigenvalue weighted by molar-refractivity contribution is 0.0734. The lowest BCUT2D eigenvalue weighted by Crippen LogP contribution is -2.30. The van der Waals surface area contributed by atoms with Crippen molar-refractivity contribution in [2.24, 2.45) is 0 Å². The van der Waals surface area contributed by atoms with E-state index in [4.69, 9.17) is 18.7 Å². The monoisotopic (exact) mass is 411 g/mol. The Labute approximate surface area is 175 Å². The number of carbonyl (C=O) groups excluding carboxylic acids is 1. The van der Waals surface area contributed by atoms with E-state index in [1.165, 1.54) is 0 Å². The van der Waals surface area contributed by atoms with Gasteiger partial charge in [0.25, 0.3) is 5.91 Å². The Morgan fingerprint density at radius 3 is 2.40 bits per heavy atom. The molecular formula is C22H25N3O5. The Hall–Kier alpha value is -3.55. The molecule has 1 amide bonds. The van der Waals surface area contributed by atoms with Gasteiger partial charge in [0.2, 0.25) is 11.7 Å². The summed E-state index contributed by atoms with van der Waals surface area (Å²) in [6.45, 7) is 5.10. The number of ether oxygens (including phenoxy) is 3. The second-order valence-corrected chi connectivity index (χ2v) is 6.36. The molecule has 2 aromatic carbocycles. The summed E-state index contributed by atoms with van der Waals surface area (Å²) >= 11 is 0. The van der Waals surface area contributed by atoms with Gasteiger partial charge in [0, 0.05) is 17.7 Å². The van der Waals surface area contributed by atoms with Gasteiger partial charge in [-0.15, -0.1) is 0 Å². The van der Waals surface area contributed by atoms with Crippen LogP contribution in [-0.4, -0.2) is 48.3 Å². The summed E-state index contributed by atoms with van der Waals surface area (Å²) in [5.74, 6) is 2.56. The molecular weight excluding hydrogens is 386 g/mol. The number of hydrogen-bond donors (Lipinski definition) is 0. The van der Waals surface area contributed by atoms with Crippen molar-refractivity contribution >= 4 is 5.91 Å². The van der Waals surface area contributed by atoms with Gasteiger partial charge in [-0.2, -0.15) is 4.98 Å². The fourth-order valence-electron chi connectivity index (χ4n) is 2.95. The lowest BCUT2D eigenvalue weighted by Gasteiger charge is -2.19. The molecule has 3 rings (SSSR count). The third-order valence-electron chi connectivity index (χ3n) is 4.52. The maximum atomic E-state index is 12.8. The first-order chi connectivity index (χ1) is 14.6. The minimum atomic E-state index is -0.119. The van der Waals surface area contributed by atoms with Gasteiger partial charge in [-0.3, -0.25) is 4.79 Å². The van der Waals surface area contributed by atoms with Crippen molar-refractivity contribution in [1.29, 1.82) is 0 Å². The molecule has 0 spiro atoms. The minimum absolute atomic E-state index is 0.119. The molecule has 0 saturated heterocycles. The van der Waals surface area contributed by atoms with E-state index in [0.29, 0.717) is 41.9 Å². The van der Waals surface area contributed by atoms with Crippen molar-refractivity contribution < 1.29 is 23.5 Å². The fourth-order valence-corrected chi connectivity index (χ4v) is 2.95. The first-order valence-electron chi connectivity index (χ1n) is 9.66. The standard InChI is InChI=1S/C22H25N3O5/c1-5-25(22(26)15-7-10-17(11-8-15)29-6-2)14-20-23-21(24-30-20)16-9-12-18(27-3)19(13-16)28-4/h7-13H,5-6,14H2,1-4H3.